The molecule has 0 N–H and O–H groups in total. The Balaban J connectivity index is 1.34. The lowest BCUT2D eigenvalue weighted by molar-refractivity contribution is -0.134. The maximum absolute atomic E-state index is 14.8. The highest BCUT2D eigenvalue weighted by Gasteiger charge is 2.36. The molecule has 1 saturated heterocycles. The maximum Gasteiger partial charge on any atom is 0.257 e. The number of piperazine rings is 1. The average molecular weight is 489 g/mol. The summed E-state index contributed by atoms with van der Waals surface area (Å²) in [5, 5.41) is 6.20. The van der Waals surface area contributed by atoms with E-state index in [0.29, 0.717) is 43.9 Å². The lowest BCUT2D eigenvalue weighted by Crippen LogP contribution is -2.49. The number of carbonyl (C=O) groups is 1. The van der Waals surface area contributed by atoms with Gasteiger partial charge in [-0.05, 0) is 37.6 Å². The fraction of sp³-hybridized carbons (Fsp3) is 0.310. The van der Waals surface area contributed by atoms with Crippen LogP contribution in [0.3, 0.4) is 0 Å². The van der Waals surface area contributed by atoms with E-state index in [1.807, 2.05) is 36.9 Å². The van der Waals surface area contributed by atoms with Gasteiger partial charge in [-0.15, -0.1) is 0 Å². The number of para-hydroxylation sites is 1. The molecule has 2 aliphatic heterocycles. The van der Waals surface area contributed by atoms with E-state index >= 15 is 0 Å². The van der Waals surface area contributed by atoms with Gasteiger partial charge in [-0.3, -0.25) is 9.69 Å². The molecule has 1 atom stereocenters. The molecule has 3 aromatic carbocycles. The highest BCUT2D eigenvalue weighted by molar-refractivity contribution is 6.04. The third kappa shape index (κ3) is 4.88. The van der Waals surface area contributed by atoms with Gasteiger partial charge >= 0.3 is 0 Å². The summed E-state index contributed by atoms with van der Waals surface area (Å²) < 4.78 is 29.0. The van der Waals surface area contributed by atoms with Crippen molar-refractivity contribution in [3.8, 4) is 0 Å². The first-order valence-electron chi connectivity index (χ1n) is 12.3. The molecule has 5 rings (SSSR count). The fourth-order valence-electron chi connectivity index (χ4n) is 5.15. The second-order valence-corrected chi connectivity index (χ2v) is 9.56. The van der Waals surface area contributed by atoms with Crippen molar-refractivity contribution >= 4 is 17.3 Å². The van der Waals surface area contributed by atoms with Gasteiger partial charge in [-0.1, -0.05) is 54.1 Å². The van der Waals surface area contributed by atoms with Gasteiger partial charge in [0.15, 0.2) is 0 Å². The van der Waals surface area contributed by atoms with Crippen molar-refractivity contribution in [3.63, 3.8) is 0 Å². The van der Waals surface area contributed by atoms with Gasteiger partial charge in [0.2, 0.25) is 0 Å². The molecule has 0 spiro atoms. The molecule has 0 aliphatic carbocycles. The summed E-state index contributed by atoms with van der Waals surface area (Å²) in [4.78, 5) is 17.6. The van der Waals surface area contributed by atoms with Crippen LogP contribution < -0.4 is 4.90 Å². The Morgan fingerprint density at radius 1 is 0.917 bits per heavy atom. The minimum Gasteiger partial charge on any atom is -0.367 e. The molecule has 2 aliphatic rings. The van der Waals surface area contributed by atoms with E-state index in [1.54, 1.807) is 30.3 Å². The quantitative estimate of drug-likeness (QED) is 0.503. The molecule has 1 fully saturated rings. The number of benzene rings is 3. The van der Waals surface area contributed by atoms with Crippen molar-refractivity contribution in [2.75, 3.05) is 37.6 Å². The number of hydrogen-bond acceptors (Lipinski definition) is 4. The number of hydrogen-bond donors (Lipinski definition) is 0. The summed E-state index contributed by atoms with van der Waals surface area (Å²) in [7, 11) is 0. The largest absolute Gasteiger partial charge is 0.367 e. The molecule has 0 radical (unpaired) electrons. The van der Waals surface area contributed by atoms with Crippen LogP contribution in [0.4, 0.5) is 14.5 Å². The van der Waals surface area contributed by atoms with Gasteiger partial charge in [-0.25, -0.2) is 13.8 Å². The van der Waals surface area contributed by atoms with Crippen LogP contribution in [0.15, 0.2) is 71.8 Å². The first kappa shape index (κ1) is 24.1. The summed E-state index contributed by atoms with van der Waals surface area (Å²) in [6.45, 7) is 6.77. The van der Waals surface area contributed by atoms with E-state index in [4.69, 9.17) is 5.10 Å². The van der Waals surface area contributed by atoms with Crippen molar-refractivity contribution in [3.05, 3.63) is 101 Å². The van der Waals surface area contributed by atoms with Gasteiger partial charge < -0.3 is 4.90 Å². The van der Waals surface area contributed by atoms with Crippen molar-refractivity contribution in [2.24, 2.45) is 5.10 Å². The number of carbonyl (C=O) groups excluding carboxylic acids is 1. The summed E-state index contributed by atoms with van der Waals surface area (Å²) in [5.41, 5.74) is 5.07. The summed E-state index contributed by atoms with van der Waals surface area (Å²) in [6, 6.07) is 19.0. The van der Waals surface area contributed by atoms with Crippen LogP contribution in [0.1, 0.15) is 34.7 Å². The molecular weight excluding hydrogens is 458 g/mol. The lowest BCUT2D eigenvalue weighted by Gasteiger charge is -2.36. The molecule has 1 unspecified atom stereocenters. The number of halogens is 2. The topological polar surface area (TPSA) is 39.2 Å². The Morgan fingerprint density at radius 3 is 2.31 bits per heavy atom. The van der Waals surface area contributed by atoms with E-state index in [9.17, 15) is 13.6 Å². The first-order valence-corrected chi connectivity index (χ1v) is 12.3. The van der Waals surface area contributed by atoms with Gasteiger partial charge in [-0.2, -0.15) is 5.10 Å². The van der Waals surface area contributed by atoms with E-state index in [2.05, 4.69) is 11.0 Å². The van der Waals surface area contributed by atoms with Crippen LogP contribution in [0.5, 0.6) is 0 Å². The molecule has 186 valence electrons. The summed E-state index contributed by atoms with van der Waals surface area (Å²) >= 11 is 0. The molecule has 0 saturated carbocycles. The van der Waals surface area contributed by atoms with Crippen LogP contribution in [-0.2, 0) is 4.79 Å². The average Bonchev–Trinajstić information content (AvgIpc) is 3.30. The van der Waals surface area contributed by atoms with Crippen LogP contribution >= 0.6 is 0 Å². The van der Waals surface area contributed by atoms with Crippen LogP contribution in [0.25, 0.3) is 0 Å². The molecule has 36 heavy (non-hydrogen) atoms. The van der Waals surface area contributed by atoms with Crippen LogP contribution in [-0.4, -0.2) is 54.3 Å². The second kappa shape index (κ2) is 10.2. The van der Waals surface area contributed by atoms with Gasteiger partial charge in [0.25, 0.3) is 5.91 Å². The van der Waals surface area contributed by atoms with Gasteiger partial charge in [0.05, 0.1) is 24.0 Å². The van der Waals surface area contributed by atoms with Crippen molar-refractivity contribution < 1.29 is 13.6 Å². The number of aryl methyl sites for hydroxylation is 2. The minimum absolute atomic E-state index is 0.164. The Morgan fingerprint density at radius 2 is 1.61 bits per heavy atom. The third-order valence-corrected chi connectivity index (χ3v) is 7.05. The number of rotatable bonds is 5. The molecule has 5 nitrogen and oxygen atoms in total. The number of nitrogens with zero attached hydrogens (tertiary/aromatic N) is 4. The molecule has 7 heteroatoms. The first-order chi connectivity index (χ1) is 17.4. The van der Waals surface area contributed by atoms with Crippen molar-refractivity contribution in [2.45, 2.75) is 26.3 Å². The van der Waals surface area contributed by atoms with E-state index in [0.717, 1.165) is 22.4 Å². The Kier molecular flexibility index (Phi) is 6.83. The Labute approximate surface area is 210 Å². The molecule has 1 amide bonds. The number of hydrazone groups is 1. The molecule has 2 heterocycles. The normalized spacial score (nSPS) is 18.4. The van der Waals surface area contributed by atoms with E-state index < -0.39 is 6.04 Å². The zero-order valence-corrected chi connectivity index (χ0v) is 20.6. The molecule has 3 aromatic rings. The zero-order chi connectivity index (χ0) is 25.2. The highest BCUT2D eigenvalue weighted by Crippen LogP contribution is 2.35. The van der Waals surface area contributed by atoms with Crippen LogP contribution in [0.2, 0.25) is 0 Å². The van der Waals surface area contributed by atoms with Gasteiger partial charge in [0.1, 0.15) is 11.6 Å². The summed E-state index contributed by atoms with van der Waals surface area (Å²) in [5.74, 6) is -0.738. The smallest absolute Gasteiger partial charge is 0.257 e. The van der Waals surface area contributed by atoms with E-state index in [-0.39, 0.29) is 24.1 Å². The monoisotopic (exact) mass is 488 g/mol. The van der Waals surface area contributed by atoms with Crippen molar-refractivity contribution in [1.29, 1.82) is 0 Å². The maximum atomic E-state index is 14.8. The molecule has 0 bridgehead atoms. The highest BCUT2D eigenvalue weighted by atomic mass is 19.1. The number of amides is 1. The van der Waals surface area contributed by atoms with Crippen LogP contribution in [0, 0.1) is 25.5 Å². The number of anilines is 1. The second-order valence-electron chi connectivity index (χ2n) is 9.56. The SMILES string of the molecule is Cc1ccc(C2=NN(C(=O)CN3CCN(c4ccccc4F)CC3)C(c3ccccc3F)C2)c(C)c1. The minimum atomic E-state index is -0.492. The molecular formula is C29H30F2N4O. The predicted octanol–water partition coefficient (Wildman–Crippen LogP) is 5.08. The van der Waals surface area contributed by atoms with E-state index in [1.165, 1.54) is 17.1 Å². The standard InChI is InChI=1S/C29H30F2N4O/c1-20-11-12-22(21(2)17-20)26-18-28(23-7-3-4-8-24(23)30)35(32-26)29(36)19-33-13-15-34(16-14-33)27-10-6-5-9-25(27)31/h3-12,17,28H,13-16,18-19H2,1-2H3. The lowest BCUT2D eigenvalue weighted by atomic mass is 9.95. The predicted molar refractivity (Wildman–Crippen MR) is 138 cm³/mol. The third-order valence-electron chi connectivity index (χ3n) is 7.05. The Hall–Kier alpha value is -3.58. The van der Waals surface area contributed by atoms with Gasteiger partial charge in [0, 0.05) is 43.7 Å². The summed E-state index contributed by atoms with van der Waals surface area (Å²) in [6.07, 6.45) is 0.456. The molecule has 0 aromatic heterocycles. The fourth-order valence-corrected chi connectivity index (χ4v) is 5.15. The van der Waals surface area contributed by atoms with Crippen molar-refractivity contribution in [1.82, 2.24) is 9.91 Å². The zero-order valence-electron chi connectivity index (χ0n) is 20.6. The Bertz CT molecular complexity index is 1300.